The van der Waals surface area contributed by atoms with E-state index >= 15 is 0 Å². The summed E-state index contributed by atoms with van der Waals surface area (Å²) < 4.78 is 31.7. The highest BCUT2D eigenvalue weighted by Crippen LogP contribution is 2.36. The highest BCUT2D eigenvalue weighted by atomic mass is 32.2. The van der Waals surface area contributed by atoms with Crippen molar-refractivity contribution >= 4 is 28.1 Å². The van der Waals surface area contributed by atoms with Crippen molar-refractivity contribution in [2.45, 2.75) is 10.9 Å². The molecule has 1 aliphatic rings. The molecule has 2 aromatic carbocycles. The summed E-state index contributed by atoms with van der Waals surface area (Å²) in [5.41, 5.74) is 2.84. The van der Waals surface area contributed by atoms with Crippen LogP contribution in [-0.4, -0.2) is 28.5 Å². The predicted molar refractivity (Wildman–Crippen MR) is 105 cm³/mol. The predicted octanol–water partition coefficient (Wildman–Crippen LogP) is 4.63. The Morgan fingerprint density at radius 3 is 2.96 bits per heavy atom. The Morgan fingerprint density at radius 2 is 2.07 bits per heavy atom. The molecule has 4 aromatic rings. The molecule has 0 N–H and O–H groups in total. The van der Waals surface area contributed by atoms with Gasteiger partial charge in [0.25, 0.3) is 0 Å². The summed E-state index contributed by atoms with van der Waals surface area (Å²) in [4.78, 5) is 0.784. The van der Waals surface area contributed by atoms with Crippen LogP contribution in [0.15, 0.2) is 46.9 Å². The van der Waals surface area contributed by atoms with E-state index in [-0.39, 0.29) is 18.4 Å². The van der Waals surface area contributed by atoms with Gasteiger partial charge in [-0.1, -0.05) is 17.8 Å². The van der Waals surface area contributed by atoms with Gasteiger partial charge in [-0.15, -0.1) is 21.5 Å². The highest BCUT2D eigenvalue weighted by Gasteiger charge is 2.17. The summed E-state index contributed by atoms with van der Waals surface area (Å²) >= 11 is 3.07. The number of hydrogen-bond donors (Lipinski definition) is 0. The van der Waals surface area contributed by atoms with E-state index in [2.05, 4.69) is 10.2 Å². The first kappa shape index (κ1) is 17.3. The molecule has 0 saturated heterocycles. The fraction of sp³-hybridized carbons (Fsp3) is 0.158. The molecule has 5 rings (SSSR count). The van der Waals surface area contributed by atoms with E-state index in [0.717, 1.165) is 38.4 Å². The molecule has 0 aliphatic carbocycles. The molecule has 9 heteroatoms. The lowest BCUT2D eigenvalue weighted by molar-refractivity contribution is 0.174. The zero-order valence-electron chi connectivity index (χ0n) is 14.7. The molecule has 0 amide bonds. The van der Waals surface area contributed by atoms with Gasteiger partial charge in [-0.05, 0) is 35.9 Å². The third kappa shape index (κ3) is 2.96. The van der Waals surface area contributed by atoms with Crippen molar-refractivity contribution in [3.05, 3.63) is 53.2 Å². The van der Waals surface area contributed by atoms with Crippen LogP contribution in [0, 0.1) is 5.82 Å². The Labute approximate surface area is 167 Å². The van der Waals surface area contributed by atoms with Crippen LogP contribution in [0.5, 0.6) is 17.2 Å². The van der Waals surface area contributed by atoms with Gasteiger partial charge in [0.15, 0.2) is 28.2 Å². The summed E-state index contributed by atoms with van der Waals surface area (Å²) in [6.07, 6.45) is 0. The van der Waals surface area contributed by atoms with Crippen molar-refractivity contribution in [3.8, 4) is 28.5 Å². The number of thiazole rings is 1. The minimum atomic E-state index is -0.390. The number of halogens is 1. The van der Waals surface area contributed by atoms with Crippen LogP contribution in [0.2, 0.25) is 0 Å². The maximum atomic E-state index is 13.8. The molecular weight excluding hydrogens is 401 g/mol. The monoisotopic (exact) mass is 415 g/mol. The molecule has 6 nitrogen and oxygen atoms in total. The first-order valence-electron chi connectivity index (χ1n) is 8.41. The van der Waals surface area contributed by atoms with Gasteiger partial charge in [-0.3, -0.25) is 4.40 Å². The van der Waals surface area contributed by atoms with Gasteiger partial charge in [0.05, 0.1) is 12.8 Å². The standard InChI is InChI=1S/C19H14FN3O3S2/c1-24-16-7-12(3-4-13(16)20)14-9-28-19-22-21-18(23(14)19)27-8-11-2-5-15-17(6-11)26-10-25-15/h2-7,9H,8,10H2,1H3. The number of benzene rings is 2. The maximum Gasteiger partial charge on any atom is 0.231 e. The van der Waals surface area contributed by atoms with Gasteiger partial charge in [0.1, 0.15) is 0 Å². The minimum Gasteiger partial charge on any atom is -0.494 e. The molecule has 2 aromatic heterocycles. The minimum absolute atomic E-state index is 0.208. The number of thioether (sulfide) groups is 1. The number of aromatic nitrogens is 3. The van der Waals surface area contributed by atoms with Crippen molar-refractivity contribution in [1.82, 2.24) is 14.6 Å². The van der Waals surface area contributed by atoms with Crippen LogP contribution in [-0.2, 0) is 5.75 Å². The Morgan fingerprint density at radius 1 is 1.18 bits per heavy atom. The molecule has 0 atom stereocenters. The number of ether oxygens (including phenoxy) is 3. The van der Waals surface area contributed by atoms with Crippen molar-refractivity contribution in [1.29, 1.82) is 0 Å². The van der Waals surface area contributed by atoms with Crippen LogP contribution >= 0.6 is 23.1 Å². The largest absolute Gasteiger partial charge is 0.494 e. The SMILES string of the molecule is COc1cc(-c2csc3nnc(SCc4ccc5c(c4)OCO5)n23)ccc1F. The average molecular weight is 415 g/mol. The second kappa shape index (κ2) is 6.99. The topological polar surface area (TPSA) is 57.9 Å². The van der Waals surface area contributed by atoms with E-state index in [9.17, 15) is 4.39 Å². The maximum absolute atomic E-state index is 13.8. The van der Waals surface area contributed by atoms with Crippen molar-refractivity contribution in [3.63, 3.8) is 0 Å². The van der Waals surface area contributed by atoms with Gasteiger partial charge in [-0.2, -0.15) is 0 Å². The van der Waals surface area contributed by atoms with E-state index in [0.29, 0.717) is 5.75 Å². The Kier molecular flexibility index (Phi) is 4.33. The smallest absolute Gasteiger partial charge is 0.231 e. The normalized spacial score (nSPS) is 12.6. The average Bonchev–Trinajstić information content (AvgIpc) is 3.43. The second-order valence-corrected chi connectivity index (χ2v) is 7.83. The molecule has 28 heavy (non-hydrogen) atoms. The van der Waals surface area contributed by atoms with E-state index in [1.165, 1.54) is 24.5 Å². The Hall–Kier alpha value is -2.78. The number of rotatable bonds is 5. The van der Waals surface area contributed by atoms with Gasteiger partial charge in [0, 0.05) is 16.7 Å². The van der Waals surface area contributed by atoms with Gasteiger partial charge in [0.2, 0.25) is 11.8 Å². The van der Waals surface area contributed by atoms with Gasteiger partial charge >= 0.3 is 0 Å². The van der Waals surface area contributed by atoms with Crippen molar-refractivity contribution in [2.24, 2.45) is 0 Å². The fourth-order valence-electron chi connectivity index (χ4n) is 2.99. The Balaban J connectivity index is 1.45. The van der Waals surface area contributed by atoms with Gasteiger partial charge in [-0.25, -0.2) is 4.39 Å². The molecule has 142 valence electrons. The summed E-state index contributed by atoms with van der Waals surface area (Å²) in [6, 6.07) is 10.7. The number of nitrogens with zero attached hydrogens (tertiary/aromatic N) is 3. The summed E-state index contributed by atoms with van der Waals surface area (Å²) in [6.45, 7) is 0.260. The third-order valence-electron chi connectivity index (χ3n) is 4.37. The molecule has 1 aliphatic heterocycles. The van der Waals surface area contributed by atoms with E-state index < -0.39 is 0 Å². The molecule has 0 unspecified atom stereocenters. The zero-order valence-corrected chi connectivity index (χ0v) is 16.3. The first-order valence-corrected chi connectivity index (χ1v) is 10.3. The van der Waals surface area contributed by atoms with Crippen LogP contribution in [0.3, 0.4) is 0 Å². The summed E-state index contributed by atoms with van der Waals surface area (Å²) in [7, 11) is 1.46. The molecule has 0 bridgehead atoms. The number of methoxy groups -OCH3 is 1. The van der Waals surface area contributed by atoms with Crippen LogP contribution in [0.1, 0.15) is 5.56 Å². The van der Waals surface area contributed by atoms with Crippen molar-refractivity contribution in [2.75, 3.05) is 13.9 Å². The van der Waals surface area contributed by atoms with Crippen molar-refractivity contribution < 1.29 is 18.6 Å². The highest BCUT2D eigenvalue weighted by molar-refractivity contribution is 7.98. The quantitative estimate of drug-likeness (QED) is 0.443. The van der Waals surface area contributed by atoms with Crippen LogP contribution in [0.4, 0.5) is 4.39 Å². The van der Waals surface area contributed by atoms with E-state index in [4.69, 9.17) is 14.2 Å². The lowest BCUT2D eigenvalue weighted by Crippen LogP contribution is -1.93. The number of fused-ring (bicyclic) bond motifs is 2. The first-order chi connectivity index (χ1) is 13.7. The fourth-order valence-corrected chi connectivity index (χ4v) is 4.77. The molecule has 0 spiro atoms. The van der Waals surface area contributed by atoms with E-state index in [1.54, 1.807) is 23.9 Å². The van der Waals surface area contributed by atoms with Gasteiger partial charge < -0.3 is 14.2 Å². The molecule has 0 radical (unpaired) electrons. The molecule has 0 saturated carbocycles. The lowest BCUT2D eigenvalue weighted by Gasteiger charge is -2.07. The summed E-state index contributed by atoms with van der Waals surface area (Å²) in [5, 5.41) is 11.3. The zero-order chi connectivity index (χ0) is 19.1. The van der Waals surface area contributed by atoms with E-state index in [1.807, 2.05) is 28.0 Å². The number of hydrogen-bond acceptors (Lipinski definition) is 7. The Bertz CT molecular complexity index is 1170. The molecule has 0 fully saturated rings. The second-order valence-electron chi connectivity index (χ2n) is 6.05. The van der Waals surface area contributed by atoms with Crippen LogP contribution in [0.25, 0.3) is 16.2 Å². The summed E-state index contributed by atoms with van der Waals surface area (Å²) in [5.74, 6) is 2.06. The van der Waals surface area contributed by atoms with Crippen LogP contribution < -0.4 is 14.2 Å². The molecular formula is C19H14FN3O3S2. The molecule has 3 heterocycles. The third-order valence-corrected chi connectivity index (χ3v) is 6.19. The lowest BCUT2D eigenvalue weighted by atomic mass is 10.1.